The summed E-state index contributed by atoms with van der Waals surface area (Å²) in [5, 5.41) is 7.77. The molecule has 2 aromatic rings. The van der Waals surface area contributed by atoms with Crippen molar-refractivity contribution in [3.63, 3.8) is 0 Å². The molecule has 0 saturated carbocycles. The van der Waals surface area contributed by atoms with E-state index in [-0.39, 0.29) is 18.4 Å². The van der Waals surface area contributed by atoms with Gasteiger partial charge in [-0.15, -0.1) is 0 Å². The van der Waals surface area contributed by atoms with Crippen molar-refractivity contribution in [1.29, 1.82) is 0 Å². The minimum Gasteiger partial charge on any atom is -0.495 e. The Labute approximate surface area is 173 Å². The molecule has 6 nitrogen and oxygen atoms in total. The first kappa shape index (κ1) is 20.2. The van der Waals surface area contributed by atoms with E-state index in [0.29, 0.717) is 42.6 Å². The maximum Gasteiger partial charge on any atom is 0.246 e. The lowest BCUT2D eigenvalue weighted by molar-refractivity contribution is -0.135. The van der Waals surface area contributed by atoms with Crippen molar-refractivity contribution in [2.45, 2.75) is 0 Å². The predicted molar refractivity (Wildman–Crippen MR) is 113 cm³/mol. The number of hydrogen-bond donors (Lipinski definition) is 1. The first-order chi connectivity index (χ1) is 13.5. The lowest BCUT2D eigenvalue weighted by atomic mass is 10.1. The second-order valence-corrected chi connectivity index (χ2v) is 7.50. The molecule has 3 rings (SSSR count). The number of benzene rings is 1. The van der Waals surface area contributed by atoms with Crippen LogP contribution in [0, 0.1) is 0 Å². The van der Waals surface area contributed by atoms with Gasteiger partial charge in [0.05, 0.1) is 24.4 Å². The zero-order valence-electron chi connectivity index (χ0n) is 15.6. The molecule has 8 heteroatoms. The normalized spacial score (nSPS) is 13.9. The van der Waals surface area contributed by atoms with Crippen molar-refractivity contribution in [2.75, 3.05) is 45.2 Å². The number of carbonyl (C=O) groups is 2. The van der Waals surface area contributed by atoms with E-state index < -0.39 is 0 Å². The van der Waals surface area contributed by atoms with Gasteiger partial charge in [0.15, 0.2) is 0 Å². The Morgan fingerprint density at radius 2 is 2.00 bits per heavy atom. The van der Waals surface area contributed by atoms with E-state index in [1.165, 1.54) is 6.08 Å². The Kier molecular flexibility index (Phi) is 6.59. The highest BCUT2D eigenvalue weighted by molar-refractivity contribution is 7.08. The first-order valence-electron chi connectivity index (χ1n) is 8.86. The SMILES string of the molecule is C=CC(=O)N1CCN(C(=O)CNc2cc(-c3ccsc3)c(Cl)cc2OC)CC1. The zero-order valence-corrected chi connectivity index (χ0v) is 17.2. The highest BCUT2D eigenvalue weighted by Gasteiger charge is 2.23. The van der Waals surface area contributed by atoms with E-state index >= 15 is 0 Å². The van der Waals surface area contributed by atoms with Gasteiger partial charge in [0.2, 0.25) is 11.8 Å². The Bertz CT molecular complexity index is 862. The molecule has 2 heterocycles. The third-order valence-electron chi connectivity index (χ3n) is 4.67. The second kappa shape index (κ2) is 9.12. The minimum absolute atomic E-state index is 0.0280. The number of halogens is 1. The molecule has 0 unspecified atom stereocenters. The Hall–Kier alpha value is -2.51. The van der Waals surface area contributed by atoms with Gasteiger partial charge in [-0.05, 0) is 34.5 Å². The Balaban J connectivity index is 1.65. The van der Waals surface area contributed by atoms with Crippen molar-refractivity contribution in [2.24, 2.45) is 0 Å². The third-order valence-corrected chi connectivity index (χ3v) is 5.67. The molecule has 148 valence electrons. The summed E-state index contributed by atoms with van der Waals surface area (Å²) in [6.07, 6.45) is 1.30. The standard InChI is InChI=1S/C20H22ClN3O3S/c1-3-19(25)23-5-7-24(8-6-23)20(26)12-22-17-10-15(14-4-9-28-13-14)16(21)11-18(17)27-2/h3-4,9-11,13,22H,1,5-8,12H2,2H3. The Morgan fingerprint density at radius 3 is 2.61 bits per heavy atom. The topological polar surface area (TPSA) is 61.9 Å². The second-order valence-electron chi connectivity index (χ2n) is 6.31. The predicted octanol–water partition coefficient (Wildman–Crippen LogP) is 3.35. The number of hydrogen-bond acceptors (Lipinski definition) is 5. The summed E-state index contributed by atoms with van der Waals surface area (Å²) in [6.45, 7) is 5.69. The summed E-state index contributed by atoms with van der Waals surface area (Å²) >= 11 is 7.98. The van der Waals surface area contributed by atoms with E-state index in [1.54, 1.807) is 34.3 Å². The molecule has 1 saturated heterocycles. The summed E-state index contributed by atoms with van der Waals surface area (Å²) in [6, 6.07) is 5.65. The number of nitrogens with zero attached hydrogens (tertiary/aromatic N) is 2. The molecular weight excluding hydrogens is 398 g/mol. The van der Waals surface area contributed by atoms with Crippen LogP contribution in [0.3, 0.4) is 0 Å². The van der Waals surface area contributed by atoms with Crippen molar-refractivity contribution in [1.82, 2.24) is 9.80 Å². The number of anilines is 1. The van der Waals surface area contributed by atoms with Crippen molar-refractivity contribution < 1.29 is 14.3 Å². The number of ether oxygens (including phenoxy) is 1. The smallest absolute Gasteiger partial charge is 0.246 e. The largest absolute Gasteiger partial charge is 0.495 e. The van der Waals surface area contributed by atoms with Gasteiger partial charge < -0.3 is 19.9 Å². The van der Waals surface area contributed by atoms with Gasteiger partial charge in [0.25, 0.3) is 0 Å². The third kappa shape index (κ3) is 4.48. The fraction of sp³-hybridized carbons (Fsp3) is 0.300. The van der Waals surface area contributed by atoms with Crippen LogP contribution in [-0.2, 0) is 9.59 Å². The number of nitrogens with one attached hydrogen (secondary N) is 1. The quantitative estimate of drug-likeness (QED) is 0.729. The van der Waals surface area contributed by atoms with Crippen LogP contribution >= 0.6 is 22.9 Å². The van der Waals surface area contributed by atoms with Crippen LogP contribution in [0.15, 0.2) is 41.6 Å². The van der Waals surface area contributed by atoms with Crippen molar-refractivity contribution in [3.8, 4) is 16.9 Å². The number of piperazine rings is 1. The van der Waals surface area contributed by atoms with E-state index in [4.69, 9.17) is 16.3 Å². The minimum atomic E-state index is -0.0999. The lowest BCUT2D eigenvalue weighted by Gasteiger charge is -2.34. The van der Waals surface area contributed by atoms with E-state index in [0.717, 1.165) is 11.1 Å². The number of thiophene rings is 1. The summed E-state index contributed by atoms with van der Waals surface area (Å²) in [5.74, 6) is 0.454. The van der Waals surface area contributed by atoms with Crippen molar-refractivity contribution in [3.05, 3.63) is 46.6 Å². The van der Waals surface area contributed by atoms with Crippen LogP contribution in [-0.4, -0.2) is 61.4 Å². The summed E-state index contributed by atoms with van der Waals surface area (Å²) in [7, 11) is 1.57. The zero-order chi connectivity index (χ0) is 20.1. The molecule has 2 amide bonds. The van der Waals surface area contributed by atoms with Gasteiger partial charge in [-0.2, -0.15) is 11.3 Å². The molecule has 0 aliphatic carbocycles. The van der Waals surface area contributed by atoms with Crippen LogP contribution in [0.2, 0.25) is 5.02 Å². The molecule has 1 fully saturated rings. The highest BCUT2D eigenvalue weighted by Crippen LogP contribution is 2.37. The molecule has 1 aliphatic rings. The van der Waals surface area contributed by atoms with E-state index in [1.807, 2.05) is 22.9 Å². The molecule has 1 aromatic carbocycles. The van der Waals surface area contributed by atoms with Crippen LogP contribution < -0.4 is 10.1 Å². The number of methoxy groups -OCH3 is 1. The fourth-order valence-electron chi connectivity index (χ4n) is 3.09. The molecule has 1 N–H and O–H groups in total. The number of rotatable bonds is 6. The summed E-state index contributed by atoms with van der Waals surface area (Å²) in [4.78, 5) is 27.7. The van der Waals surface area contributed by atoms with Crippen LogP contribution in [0.4, 0.5) is 5.69 Å². The summed E-state index contributed by atoms with van der Waals surface area (Å²) < 4.78 is 5.41. The lowest BCUT2D eigenvalue weighted by Crippen LogP contribution is -2.51. The van der Waals surface area contributed by atoms with Gasteiger partial charge in [-0.3, -0.25) is 9.59 Å². The van der Waals surface area contributed by atoms with Gasteiger partial charge in [-0.25, -0.2) is 0 Å². The first-order valence-corrected chi connectivity index (χ1v) is 10.2. The van der Waals surface area contributed by atoms with E-state index in [9.17, 15) is 9.59 Å². The maximum absolute atomic E-state index is 12.6. The Morgan fingerprint density at radius 1 is 1.29 bits per heavy atom. The van der Waals surface area contributed by atoms with Crippen LogP contribution in [0.1, 0.15) is 0 Å². The van der Waals surface area contributed by atoms with Gasteiger partial charge >= 0.3 is 0 Å². The van der Waals surface area contributed by atoms with Crippen molar-refractivity contribution >= 4 is 40.4 Å². The fourth-order valence-corrected chi connectivity index (χ4v) is 4.01. The average molecular weight is 420 g/mol. The van der Waals surface area contributed by atoms with Crippen LogP contribution in [0.25, 0.3) is 11.1 Å². The van der Waals surface area contributed by atoms with E-state index in [2.05, 4.69) is 11.9 Å². The molecule has 0 radical (unpaired) electrons. The number of amides is 2. The maximum atomic E-state index is 12.6. The van der Waals surface area contributed by atoms with Gasteiger partial charge in [-0.1, -0.05) is 18.2 Å². The van der Waals surface area contributed by atoms with Gasteiger partial charge in [0.1, 0.15) is 5.75 Å². The number of carbonyl (C=O) groups excluding carboxylic acids is 2. The average Bonchev–Trinajstić information content (AvgIpc) is 3.26. The molecule has 0 bridgehead atoms. The van der Waals surface area contributed by atoms with Gasteiger partial charge in [0, 0.05) is 37.8 Å². The molecular formula is C20H22ClN3O3S. The summed E-state index contributed by atoms with van der Waals surface area (Å²) in [5.41, 5.74) is 2.62. The highest BCUT2D eigenvalue weighted by atomic mass is 35.5. The molecule has 1 aliphatic heterocycles. The molecule has 0 atom stereocenters. The molecule has 0 spiro atoms. The monoisotopic (exact) mass is 419 g/mol. The molecule has 1 aromatic heterocycles. The molecule has 28 heavy (non-hydrogen) atoms. The van der Waals surface area contributed by atoms with Crippen LogP contribution in [0.5, 0.6) is 5.75 Å².